The Balaban J connectivity index is 1.72. The van der Waals surface area contributed by atoms with Crippen molar-refractivity contribution in [3.63, 3.8) is 0 Å². The number of amides is 2. The number of ether oxygens (including phenoxy) is 1. The van der Waals surface area contributed by atoms with Gasteiger partial charge in [-0.05, 0) is 29.8 Å². The molecule has 1 aromatic heterocycles. The Morgan fingerprint density at radius 3 is 2.68 bits per heavy atom. The molecule has 2 N–H and O–H groups in total. The summed E-state index contributed by atoms with van der Waals surface area (Å²) in [5, 5.41) is 9.83. The smallest absolute Gasteiger partial charge is 0.273 e. The lowest BCUT2D eigenvalue weighted by atomic mass is 10.1. The first-order valence-electron chi connectivity index (χ1n) is 8.51. The molecule has 0 aliphatic rings. The molecule has 0 fully saturated rings. The van der Waals surface area contributed by atoms with E-state index in [2.05, 4.69) is 15.7 Å². The van der Waals surface area contributed by atoms with Gasteiger partial charge in [-0.3, -0.25) is 14.3 Å². The molecular weight excluding hydrogens is 380 g/mol. The lowest BCUT2D eigenvalue weighted by molar-refractivity contribution is 0.0958. The number of halogens is 1. The Bertz CT molecular complexity index is 1020. The van der Waals surface area contributed by atoms with Crippen LogP contribution in [0.1, 0.15) is 26.4 Å². The van der Waals surface area contributed by atoms with Crippen LogP contribution in [0.2, 0.25) is 5.02 Å². The van der Waals surface area contributed by atoms with Crippen LogP contribution in [0, 0.1) is 0 Å². The van der Waals surface area contributed by atoms with Crippen LogP contribution in [0.5, 0.6) is 5.75 Å². The minimum Gasteiger partial charge on any atom is -0.487 e. The first-order chi connectivity index (χ1) is 13.5. The van der Waals surface area contributed by atoms with Crippen LogP contribution in [0.4, 0.5) is 5.69 Å². The van der Waals surface area contributed by atoms with E-state index < -0.39 is 0 Å². The minimum atomic E-state index is -0.377. The number of hydrogen-bond donors (Lipinski definition) is 2. The van der Waals surface area contributed by atoms with E-state index >= 15 is 0 Å². The largest absolute Gasteiger partial charge is 0.487 e. The molecule has 0 aliphatic heterocycles. The van der Waals surface area contributed by atoms with Gasteiger partial charge in [0, 0.05) is 25.9 Å². The van der Waals surface area contributed by atoms with E-state index in [9.17, 15) is 9.59 Å². The quantitative estimate of drug-likeness (QED) is 0.667. The number of nitrogens with one attached hydrogen (secondary N) is 2. The fourth-order valence-corrected chi connectivity index (χ4v) is 2.78. The van der Waals surface area contributed by atoms with Crippen LogP contribution in [0.3, 0.4) is 0 Å². The van der Waals surface area contributed by atoms with Crippen LogP contribution in [-0.2, 0) is 13.7 Å². The van der Waals surface area contributed by atoms with E-state index in [1.807, 2.05) is 18.2 Å². The normalized spacial score (nSPS) is 10.4. The zero-order chi connectivity index (χ0) is 20.1. The van der Waals surface area contributed by atoms with Crippen LogP contribution < -0.4 is 15.4 Å². The van der Waals surface area contributed by atoms with Gasteiger partial charge in [0.15, 0.2) is 5.69 Å². The molecule has 3 aromatic rings. The van der Waals surface area contributed by atoms with Crippen molar-refractivity contribution in [1.29, 1.82) is 0 Å². The summed E-state index contributed by atoms with van der Waals surface area (Å²) in [6.45, 7) is 0.265. The highest BCUT2D eigenvalue weighted by atomic mass is 35.5. The second kappa shape index (κ2) is 8.58. The summed E-state index contributed by atoms with van der Waals surface area (Å²) in [5.74, 6) is -0.153. The third kappa shape index (κ3) is 4.50. The van der Waals surface area contributed by atoms with Crippen molar-refractivity contribution in [3.8, 4) is 5.75 Å². The van der Waals surface area contributed by atoms with Gasteiger partial charge in [0.05, 0.1) is 10.7 Å². The van der Waals surface area contributed by atoms with Crippen LogP contribution >= 0.6 is 11.6 Å². The summed E-state index contributed by atoms with van der Waals surface area (Å²) < 4.78 is 7.18. The molecule has 3 rings (SSSR count). The van der Waals surface area contributed by atoms with Gasteiger partial charge in [0.2, 0.25) is 0 Å². The van der Waals surface area contributed by atoms with E-state index in [0.717, 1.165) is 5.56 Å². The van der Waals surface area contributed by atoms with Gasteiger partial charge in [-0.1, -0.05) is 35.9 Å². The van der Waals surface area contributed by atoms with Crippen molar-refractivity contribution in [2.45, 2.75) is 6.61 Å². The van der Waals surface area contributed by atoms with Gasteiger partial charge in [0.1, 0.15) is 12.4 Å². The van der Waals surface area contributed by atoms with Crippen molar-refractivity contribution < 1.29 is 14.3 Å². The standard InChI is InChI=1S/C20H19ClN4O3/c1-22-20(27)18-16(11-25(2)24-18)23-19(26)14-7-5-6-13(10-14)12-28-17-9-4-3-8-15(17)21/h3-11H,12H2,1-2H3,(H,22,27)(H,23,26). The van der Waals surface area contributed by atoms with Crippen molar-refractivity contribution in [2.24, 2.45) is 7.05 Å². The summed E-state index contributed by atoms with van der Waals surface area (Å²) in [6.07, 6.45) is 1.58. The number of aromatic nitrogens is 2. The monoisotopic (exact) mass is 398 g/mol. The molecule has 0 aliphatic carbocycles. The van der Waals surface area contributed by atoms with E-state index in [-0.39, 0.29) is 24.1 Å². The molecule has 0 unspecified atom stereocenters. The highest BCUT2D eigenvalue weighted by Gasteiger charge is 2.17. The highest BCUT2D eigenvalue weighted by Crippen LogP contribution is 2.24. The maximum atomic E-state index is 12.6. The predicted octanol–water partition coefficient (Wildman–Crippen LogP) is 3.26. The van der Waals surface area contributed by atoms with E-state index in [0.29, 0.717) is 22.0 Å². The number of para-hydroxylation sites is 1. The Labute approximate surface area is 167 Å². The number of carbonyl (C=O) groups excluding carboxylic acids is 2. The van der Waals surface area contributed by atoms with E-state index in [1.54, 1.807) is 43.6 Å². The maximum Gasteiger partial charge on any atom is 0.273 e. The first-order valence-corrected chi connectivity index (χ1v) is 8.89. The number of nitrogens with zero attached hydrogens (tertiary/aromatic N) is 2. The molecule has 0 spiro atoms. The lowest BCUT2D eigenvalue weighted by Gasteiger charge is -2.09. The van der Waals surface area contributed by atoms with Gasteiger partial charge in [-0.25, -0.2) is 0 Å². The summed E-state index contributed by atoms with van der Waals surface area (Å²) in [4.78, 5) is 24.5. The Kier molecular flexibility index (Phi) is 5.96. The molecule has 0 radical (unpaired) electrons. The number of benzene rings is 2. The summed E-state index contributed by atoms with van der Waals surface area (Å²) >= 11 is 6.09. The van der Waals surface area contributed by atoms with Crippen LogP contribution in [-0.4, -0.2) is 28.6 Å². The SMILES string of the molecule is CNC(=O)c1nn(C)cc1NC(=O)c1cccc(COc2ccccc2Cl)c1. The second-order valence-electron chi connectivity index (χ2n) is 6.02. The van der Waals surface area contributed by atoms with Gasteiger partial charge < -0.3 is 15.4 Å². The van der Waals surface area contributed by atoms with Gasteiger partial charge in [0.25, 0.3) is 11.8 Å². The summed E-state index contributed by atoms with van der Waals surface area (Å²) in [5.41, 5.74) is 1.73. The lowest BCUT2D eigenvalue weighted by Crippen LogP contribution is -2.21. The third-order valence-electron chi connectivity index (χ3n) is 3.94. The molecule has 7 nitrogen and oxygen atoms in total. The zero-order valence-corrected chi connectivity index (χ0v) is 16.2. The predicted molar refractivity (Wildman–Crippen MR) is 107 cm³/mol. The molecule has 1 heterocycles. The highest BCUT2D eigenvalue weighted by molar-refractivity contribution is 6.32. The maximum absolute atomic E-state index is 12.6. The Morgan fingerprint density at radius 1 is 1.14 bits per heavy atom. The van der Waals surface area contributed by atoms with Crippen molar-refractivity contribution in [1.82, 2.24) is 15.1 Å². The van der Waals surface area contributed by atoms with Crippen LogP contribution in [0.15, 0.2) is 54.7 Å². The molecule has 144 valence electrons. The molecule has 28 heavy (non-hydrogen) atoms. The van der Waals surface area contributed by atoms with Gasteiger partial charge in [-0.15, -0.1) is 0 Å². The number of anilines is 1. The summed E-state index contributed by atoms with van der Waals surface area (Å²) in [7, 11) is 3.18. The van der Waals surface area contributed by atoms with Gasteiger partial charge in [-0.2, -0.15) is 5.10 Å². The Hall–Kier alpha value is -3.32. The number of carbonyl (C=O) groups is 2. The third-order valence-corrected chi connectivity index (χ3v) is 4.25. The minimum absolute atomic E-state index is 0.150. The van der Waals surface area contributed by atoms with Crippen LogP contribution in [0.25, 0.3) is 0 Å². The van der Waals surface area contributed by atoms with E-state index in [4.69, 9.17) is 16.3 Å². The van der Waals surface area contributed by atoms with Crippen molar-refractivity contribution in [2.75, 3.05) is 12.4 Å². The first kappa shape index (κ1) is 19.4. The molecule has 2 aromatic carbocycles. The molecule has 2 amide bonds. The molecule has 0 bridgehead atoms. The molecule has 0 saturated heterocycles. The molecule has 0 atom stereocenters. The average Bonchev–Trinajstić information content (AvgIpc) is 3.07. The fourth-order valence-electron chi connectivity index (χ4n) is 2.59. The molecular formula is C20H19ClN4O3. The topological polar surface area (TPSA) is 85.3 Å². The second-order valence-corrected chi connectivity index (χ2v) is 6.42. The van der Waals surface area contributed by atoms with E-state index in [1.165, 1.54) is 11.7 Å². The number of hydrogen-bond acceptors (Lipinski definition) is 4. The Morgan fingerprint density at radius 2 is 1.93 bits per heavy atom. The number of rotatable bonds is 6. The average molecular weight is 399 g/mol. The summed E-state index contributed by atoms with van der Waals surface area (Å²) in [6, 6.07) is 14.2. The van der Waals surface area contributed by atoms with Gasteiger partial charge >= 0.3 is 0 Å². The molecule has 8 heteroatoms. The zero-order valence-electron chi connectivity index (χ0n) is 15.4. The fraction of sp³-hybridized carbons (Fsp3) is 0.150. The molecule has 0 saturated carbocycles. The van der Waals surface area contributed by atoms with Crippen molar-refractivity contribution in [3.05, 3.63) is 76.6 Å². The number of aryl methyl sites for hydroxylation is 1. The van der Waals surface area contributed by atoms with Crippen molar-refractivity contribution >= 4 is 29.1 Å².